The summed E-state index contributed by atoms with van der Waals surface area (Å²) in [5.41, 5.74) is 0. The molecule has 0 saturated carbocycles. The van der Waals surface area contributed by atoms with Gasteiger partial charge in [-0.05, 0) is 12.1 Å². The molecule has 4 nitrogen and oxygen atoms in total. The van der Waals surface area contributed by atoms with Gasteiger partial charge in [-0.25, -0.2) is 0 Å². The first-order valence-corrected chi connectivity index (χ1v) is 2.26. The van der Waals surface area contributed by atoms with Crippen LogP contribution >= 0.6 is 0 Å². The predicted molar refractivity (Wildman–Crippen MR) is 24.3 cm³/mol. The fourth-order valence-corrected chi connectivity index (χ4v) is 0.323. The summed E-state index contributed by atoms with van der Waals surface area (Å²) in [5.74, 6) is 0. The van der Waals surface area contributed by atoms with Gasteiger partial charge in [0.05, 0.1) is 6.61 Å². The smallest absolute Gasteiger partial charge is 0.417 e. The Kier molecular flexibility index (Phi) is 1.46. The van der Waals surface area contributed by atoms with Gasteiger partial charge in [-0.15, -0.1) is 4.98 Å². The molecule has 0 unspecified atom stereocenters. The maximum absolute atomic E-state index is 4.77. The molecule has 8 heavy (non-hydrogen) atoms. The van der Waals surface area contributed by atoms with Crippen molar-refractivity contribution < 1.29 is 9.26 Å². The van der Waals surface area contributed by atoms with Crippen LogP contribution in [0, 0.1) is 6.33 Å². The number of ether oxygens (including phenoxy) is 1. The Morgan fingerprint density at radius 3 is 3.25 bits per heavy atom. The second-order valence-electron chi connectivity index (χ2n) is 1.09. The summed E-state index contributed by atoms with van der Waals surface area (Å²) in [6.07, 6.45) is 2.40. The summed E-state index contributed by atoms with van der Waals surface area (Å²) in [5, 5.41) is 3.20. The van der Waals surface area contributed by atoms with E-state index >= 15 is 0 Å². The first-order valence-electron chi connectivity index (χ1n) is 2.26. The largest absolute Gasteiger partial charge is 0.449 e. The topological polar surface area (TPSA) is 48.2 Å². The molecule has 0 aromatic carbocycles. The van der Waals surface area contributed by atoms with Crippen LogP contribution in [-0.4, -0.2) is 16.7 Å². The number of hydrogen-bond acceptors (Lipinski definition) is 4. The maximum atomic E-state index is 4.77. The Balaban J connectivity index is 2.50. The Bertz CT molecular complexity index is 138. The highest BCUT2D eigenvalue weighted by molar-refractivity contribution is 4.76. The molecule has 0 atom stereocenters. The minimum atomic E-state index is 0.174. The molecule has 0 aliphatic rings. The molecule has 0 spiro atoms. The third-order valence-electron chi connectivity index (χ3n) is 0.574. The monoisotopic (exact) mass is 113 g/mol. The van der Waals surface area contributed by atoms with Gasteiger partial charge in [-0.3, -0.25) is 4.52 Å². The van der Waals surface area contributed by atoms with Crippen LogP contribution in [0.15, 0.2) is 4.52 Å². The van der Waals surface area contributed by atoms with Gasteiger partial charge in [0.1, 0.15) is 0 Å². The summed E-state index contributed by atoms with van der Waals surface area (Å²) in [6.45, 7) is 2.38. The van der Waals surface area contributed by atoms with Crippen molar-refractivity contribution in [2.75, 3.05) is 6.61 Å². The Morgan fingerprint density at radius 2 is 2.75 bits per heavy atom. The lowest BCUT2D eigenvalue weighted by molar-refractivity contribution is 0.215. The Hall–Kier alpha value is -1.06. The highest BCUT2D eigenvalue weighted by Gasteiger charge is 1.93. The van der Waals surface area contributed by atoms with Gasteiger partial charge in [0.2, 0.25) is 6.33 Å². The molecule has 43 valence electrons. The molecule has 1 radical (unpaired) electrons. The highest BCUT2D eigenvalue weighted by atomic mass is 16.6. The van der Waals surface area contributed by atoms with Gasteiger partial charge in [0, 0.05) is 0 Å². The Labute approximate surface area is 46.5 Å². The van der Waals surface area contributed by atoms with Crippen LogP contribution in [0.1, 0.15) is 6.92 Å². The number of nitrogens with zero attached hydrogens (tertiary/aromatic N) is 2. The van der Waals surface area contributed by atoms with Crippen molar-refractivity contribution in [1.29, 1.82) is 0 Å². The second-order valence-corrected chi connectivity index (χ2v) is 1.09. The van der Waals surface area contributed by atoms with Crippen LogP contribution in [0.25, 0.3) is 0 Å². The standard InChI is InChI=1S/C4H5N2O2/c1-2-7-4-5-3-6-8-4/h2H2,1H3. The number of hydrogen-bond donors (Lipinski definition) is 0. The number of aromatic nitrogens is 2. The fraction of sp³-hybridized carbons (Fsp3) is 0.500. The zero-order chi connectivity index (χ0) is 5.82. The van der Waals surface area contributed by atoms with E-state index in [0.717, 1.165) is 0 Å². The van der Waals surface area contributed by atoms with E-state index in [-0.39, 0.29) is 6.08 Å². The zero-order valence-corrected chi connectivity index (χ0v) is 4.42. The third kappa shape index (κ3) is 0.959. The lowest BCUT2D eigenvalue weighted by Gasteiger charge is -1.88. The van der Waals surface area contributed by atoms with Crippen molar-refractivity contribution in [3.63, 3.8) is 0 Å². The summed E-state index contributed by atoms with van der Waals surface area (Å²) in [7, 11) is 0. The quantitative estimate of drug-likeness (QED) is 0.552. The van der Waals surface area contributed by atoms with E-state index in [1.165, 1.54) is 0 Å². The number of rotatable bonds is 2. The van der Waals surface area contributed by atoms with Crippen molar-refractivity contribution in [3.8, 4) is 6.08 Å². The normalized spacial score (nSPS) is 9.12. The van der Waals surface area contributed by atoms with E-state index in [1.54, 1.807) is 0 Å². The van der Waals surface area contributed by atoms with E-state index in [0.29, 0.717) is 6.61 Å². The molecular formula is C4H5N2O2. The predicted octanol–water partition coefficient (Wildman–Crippen LogP) is 0.268. The van der Waals surface area contributed by atoms with Gasteiger partial charge in [0.25, 0.3) is 0 Å². The zero-order valence-electron chi connectivity index (χ0n) is 4.42. The first-order chi connectivity index (χ1) is 3.93. The van der Waals surface area contributed by atoms with E-state index < -0.39 is 0 Å². The van der Waals surface area contributed by atoms with E-state index in [1.807, 2.05) is 6.92 Å². The SMILES string of the molecule is CCOc1n[c]no1. The third-order valence-corrected chi connectivity index (χ3v) is 0.574. The van der Waals surface area contributed by atoms with Crippen LogP contribution in [0.2, 0.25) is 0 Å². The lowest BCUT2D eigenvalue weighted by atomic mass is 10.9. The minimum Gasteiger partial charge on any atom is -0.449 e. The van der Waals surface area contributed by atoms with E-state index in [9.17, 15) is 0 Å². The van der Waals surface area contributed by atoms with Crippen molar-refractivity contribution >= 4 is 0 Å². The molecule has 0 amide bonds. The van der Waals surface area contributed by atoms with E-state index in [4.69, 9.17) is 4.74 Å². The molecule has 0 aliphatic heterocycles. The molecule has 1 aromatic rings. The summed E-state index contributed by atoms with van der Waals surface area (Å²) >= 11 is 0. The molecule has 0 fully saturated rings. The molecule has 0 aliphatic carbocycles. The van der Waals surface area contributed by atoms with Crippen LogP contribution in [0.4, 0.5) is 0 Å². The summed E-state index contributed by atoms with van der Waals surface area (Å²) in [4.78, 5) is 3.48. The van der Waals surface area contributed by atoms with Crippen molar-refractivity contribution in [3.05, 3.63) is 6.33 Å². The van der Waals surface area contributed by atoms with E-state index in [2.05, 4.69) is 21.0 Å². The maximum Gasteiger partial charge on any atom is 0.417 e. The second kappa shape index (κ2) is 2.30. The van der Waals surface area contributed by atoms with Gasteiger partial charge in [-0.1, -0.05) is 0 Å². The van der Waals surface area contributed by atoms with Gasteiger partial charge < -0.3 is 4.74 Å². The molecule has 1 aromatic heterocycles. The van der Waals surface area contributed by atoms with Gasteiger partial charge in [0.15, 0.2) is 0 Å². The van der Waals surface area contributed by atoms with Crippen molar-refractivity contribution in [2.24, 2.45) is 0 Å². The summed E-state index contributed by atoms with van der Waals surface area (Å²) < 4.78 is 9.21. The van der Waals surface area contributed by atoms with Crippen LogP contribution in [-0.2, 0) is 0 Å². The minimum absolute atomic E-state index is 0.174. The molecule has 0 N–H and O–H groups in total. The average Bonchev–Trinajstić information content (AvgIpc) is 2.19. The molecule has 4 heteroatoms. The average molecular weight is 113 g/mol. The lowest BCUT2D eigenvalue weighted by Crippen LogP contribution is -1.89. The van der Waals surface area contributed by atoms with Crippen LogP contribution in [0.5, 0.6) is 6.08 Å². The molecule has 1 rings (SSSR count). The Morgan fingerprint density at radius 1 is 1.88 bits per heavy atom. The first kappa shape index (κ1) is 5.08. The summed E-state index contributed by atoms with van der Waals surface area (Å²) in [6, 6.07) is 0. The van der Waals surface area contributed by atoms with Gasteiger partial charge >= 0.3 is 6.08 Å². The van der Waals surface area contributed by atoms with Crippen molar-refractivity contribution in [2.45, 2.75) is 6.92 Å². The molecular weight excluding hydrogens is 108 g/mol. The van der Waals surface area contributed by atoms with Crippen LogP contribution in [0.3, 0.4) is 0 Å². The fourth-order valence-electron chi connectivity index (χ4n) is 0.323. The van der Waals surface area contributed by atoms with Crippen molar-refractivity contribution in [1.82, 2.24) is 10.1 Å². The highest BCUT2D eigenvalue weighted by Crippen LogP contribution is 1.98. The van der Waals surface area contributed by atoms with Crippen LogP contribution < -0.4 is 4.74 Å². The molecule has 1 heterocycles. The molecule has 0 saturated heterocycles. The molecule has 0 bridgehead atoms. The van der Waals surface area contributed by atoms with Gasteiger partial charge in [-0.2, -0.15) is 0 Å².